The van der Waals surface area contributed by atoms with Crippen LogP contribution in [0.4, 0.5) is 0 Å². The molecule has 4 nitrogen and oxygen atoms in total. The highest BCUT2D eigenvalue weighted by Gasteiger charge is 2.48. The van der Waals surface area contributed by atoms with Crippen molar-refractivity contribution >= 4 is 5.97 Å². The molecule has 0 bridgehead atoms. The van der Waals surface area contributed by atoms with Crippen molar-refractivity contribution in [2.45, 2.75) is 58.2 Å². The predicted octanol–water partition coefficient (Wildman–Crippen LogP) is 1.48. The molecule has 0 unspecified atom stereocenters. The molecule has 0 spiro atoms. The van der Waals surface area contributed by atoms with Gasteiger partial charge in [-0.3, -0.25) is 4.79 Å². The number of carbonyl (C=O) groups is 1. The van der Waals surface area contributed by atoms with Crippen LogP contribution in [0.3, 0.4) is 0 Å². The third-order valence-corrected chi connectivity index (χ3v) is 2.99. The zero-order valence-corrected chi connectivity index (χ0v) is 9.65. The summed E-state index contributed by atoms with van der Waals surface area (Å²) in [6.07, 6.45) is 0.159. The Labute approximate surface area is 89.9 Å². The monoisotopic (exact) mass is 214 g/mol. The zero-order chi connectivity index (χ0) is 11.2. The number of hydrogen-bond donors (Lipinski definition) is 0. The summed E-state index contributed by atoms with van der Waals surface area (Å²) in [5, 5.41) is 0. The summed E-state index contributed by atoms with van der Waals surface area (Å²) in [7, 11) is 0. The third kappa shape index (κ3) is 2.01. The molecule has 0 amide bonds. The SMILES string of the molecule is C[C@@H]1CC(=O)O[C@@H]1[C@H]1OC(C)(C)O[C@H]1C. The first kappa shape index (κ1) is 10.9. The molecule has 2 aliphatic rings. The molecule has 0 aromatic carbocycles. The normalized spacial score (nSPS) is 44.4. The number of carbonyl (C=O) groups excluding carboxylic acids is 1. The van der Waals surface area contributed by atoms with Gasteiger partial charge in [0.05, 0.1) is 12.5 Å². The molecule has 0 radical (unpaired) electrons. The first-order valence-electron chi connectivity index (χ1n) is 5.44. The van der Waals surface area contributed by atoms with Gasteiger partial charge in [-0.25, -0.2) is 0 Å². The minimum Gasteiger partial charge on any atom is -0.459 e. The molecule has 0 aromatic rings. The average Bonchev–Trinajstić information content (AvgIpc) is 2.52. The van der Waals surface area contributed by atoms with Crippen LogP contribution in [0.25, 0.3) is 0 Å². The quantitative estimate of drug-likeness (QED) is 0.620. The molecular formula is C11H18O4. The molecule has 4 atom stereocenters. The highest BCUT2D eigenvalue weighted by Crippen LogP contribution is 2.36. The van der Waals surface area contributed by atoms with Crippen molar-refractivity contribution in [3.63, 3.8) is 0 Å². The van der Waals surface area contributed by atoms with Gasteiger partial charge in [0.2, 0.25) is 0 Å². The van der Waals surface area contributed by atoms with Crippen LogP contribution in [-0.4, -0.2) is 30.1 Å². The maximum Gasteiger partial charge on any atom is 0.306 e. The Balaban J connectivity index is 2.08. The van der Waals surface area contributed by atoms with Crippen LogP contribution in [0.1, 0.15) is 34.1 Å². The van der Waals surface area contributed by atoms with Crippen molar-refractivity contribution in [3.05, 3.63) is 0 Å². The second-order valence-electron chi connectivity index (χ2n) is 4.94. The molecule has 2 saturated heterocycles. The molecule has 4 heteroatoms. The Morgan fingerprint density at radius 3 is 2.27 bits per heavy atom. The summed E-state index contributed by atoms with van der Waals surface area (Å²) in [4.78, 5) is 11.2. The fourth-order valence-electron chi connectivity index (χ4n) is 2.39. The van der Waals surface area contributed by atoms with E-state index in [1.165, 1.54) is 0 Å². The van der Waals surface area contributed by atoms with E-state index in [2.05, 4.69) is 0 Å². The second-order valence-corrected chi connectivity index (χ2v) is 4.94. The van der Waals surface area contributed by atoms with Crippen molar-refractivity contribution in [2.24, 2.45) is 5.92 Å². The summed E-state index contributed by atoms with van der Waals surface area (Å²) < 4.78 is 16.7. The van der Waals surface area contributed by atoms with Crippen LogP contribution >= 0.6 is 0 Å². The molecule has 2 aliphatic heterocycles. The van der Waals surface area contributed by atoms with Gasteiger partial charge in [0.15, 0.2) is 5.79 Å². The first-order valence-corrected chi connectivity index (χ1v) is 5.44. The van der Waals surface area contributed by atoms with E-state index >= 15 is 0 Å². The Morgan fingerprint density at radius 1 is 1.20 bits per heavy atom. The van der Waals surface area contributed by atoms with E-state index in [0.717, 1.165) is 0 Å². The van der Waals surface area contributed by atoms with Gasteiger partial charge in [-0.15, -0.1) is 0 Å². The molecule has 0 aromatic heterocycles. The van der Waals surface area contributed by atoms with E-state index in [9.17, 15) is 4.79 Å². The summed E-state index contributed by atoms with van der Waals surface area (Å²) in [5.74, 6) is -0.492. The molecule has 0 saturated carbocycles. The molecule has 2 heterocycles. The first-order chi connectivity index (χ1) is 6.89. The number of cyclic esters (lactones) is 1. The predicted molar refractivity (Wildman–Crippen MR) is 53.2 cm³/mol. The second kappa shape index (κ2) is 3.46. The lowest BCUT2D eigenvalue weighted by atomic mass is 9.97. The fraction of sp³-hybridized carbons (Fsp3) is 0.909. The minimum atomic E-state index is -0.571. The standard InChI is InChI=1S/C11H18O4/c1-6-5-8(12)13-9(6)10-7(2)14-11(3,4)15-10/h6-7,9-10H,5H2,1-4H3/t6-,7+,9+,10+/m1/s1. The maximum atomic E-state index is 11.2. The molecule has 0 aliphatic carbocycles. The number of hydrogen-bond acceptors (Lipinski definition) is 4. The maximum absolute atomic E-state index is 11.2. The lowest BCUT2D eigenvalue weighted by Gasteiger charge is -2.23. The van der Waals surface area contributed by atoms with Gasteiger partial charge in [-0.2, -0.15) is 0 Å². The largest absolute Gasteiger partial charge is 0.459 e. The zero-order valence-electron chi connectivity index (χ0n) is 9.65. The van der Waals surface area contributed by atoms with Crippen molar-refractivity contribution in [1.29, 1.82) is 0 Å². The van der Waals surface area contributed by atoms with Crippen molar-refractivity contribution in [2.75, 3.05) is 0 Å². The summed E-state index contributed by atoms with van der Waals surface area (Å²) in [5.41, 5.74) is 0. The number of esters is 1. The number of rotatable bonds is 1. The minimum absolute atomic E-state index is 0.0293. The summed E-state index contributed by atoms with van der Waals surface area (Å²) >= 11 is 0. The Hall–Kier alpha value is -0.610. The van der Waals surface area contributed by atoms with Crippen molar-refractivity contribution < 1.29 is 19.0 Å². The molecule has 2 fully saturated rings. The third-order valence-electron chi connectivity index (χ3n) is 2.99. The highest BCUT2D eigenvalue weighted by molar-refractivity contribution is 5.72. The van der Waals surface area contributed by atoms with E-state index in [1.54, 1.807) is 0 Å². The van der Waals surface area contributed by atoms with Crippen LogP contribution in [0, 0.1) is 5.92 Å². The lowest BCUT2D eigenvalue weighted by molar-refractivity contribution is -0.164. The lowest BCUT2D eigenvalue weighted by Crippen LogP contribution is -2.37. The van der Waals surface area contributed by atoms with Gasteiger partial charge in [-0.05, 0) is 20.8 Å². The summed E-state index contributed by atoms with van der Waals surface area (Å²) in [6, 6.07) is 0. The smallest absolute Gasteiger partial charge is 0.306 e. The Kier molecular flexibility index (Phi) is 2.51. The topological polar surface area (TPSA) is 44.8 Å². The highest BCUT2D eigenvalue weighted by atomic mass is 16.8. The van der Waals surface area contributed by atoms with Gasteiger partial charge in [-0.1, -0.05) is 6.92 Å². The van der Waals surface area contributed by atoms with Crippen LogP contribution in [-0.2, 0) is 19.0 Å². The van der Waals surface area contributed by atoms with E-state index in [4.69, 9.17) is 14.2 Å². The van der Waals surface area contributed by atoms with E-state index in [1.807, 2.05) is 27.7 Å². The van der Waals surface area contributed by atoms with Crippen LogP contribution in [0.5, 0.6) is 0 Å². The Morgan fingerprint density at radius 2 is 1.87 bits per heavy atom. The van der Waals surface area contributed by atoms with Gasteiger partial charge in [0.1, 0.15) is 12.2 Å². The van der Waals surface area contributed by atoms with Crippen molar-refractivity contribution in [3.8, 4) is 0 Å². The molecule has 15 heavy (non-hydrogen) atoms. The number of ether oxygens (including phenoxy) is 3. The van der Waals surface area contributed by atoms with Gasteiger partial charge in [0.25, 0.3) is 0 Å². The van der Waals surface area contributed by atoms with E-state index in [0.29, 0.717) is 6.42 Å². The average molecular weight is 214 g/mol. The Bertz CT molecular complexity index is 274. The fourth-order valence-corrected chi connectivity index (χ4v) is 2.39. The summed E-state index contributed by atoms with van der Waals surface area (Å²) in [6.45, 7) is 7.73. The van der Waals surface area contributed by atoms with Gasteiger partial charge >= 0.3 is 5.97 Å². The molecule has 86 valence electrons. The molecule has 2 rings (SSSR count). The van der Waals surface area contributed by atoms with Gasteiger partial charge in [0, 0.05) is 5.92 Å². The van der Waals surface area contributed by atoms with E-state index < -0.39 is 5.79 Å². The van der Waals surface area contributed by atoms with Crippen molar-refractivity contribution in [1.82, 2.24) is 0 Å². The molecular weight excluding hydrogens is 196 g/mol. The van der Waals surface area contributed by atoms with Crippen LogP contribution in [0.15, 0.2) is 0 Å². The molecule has 0 N–H and O–H groups in total. The van der Waals surface area contributed by atoms with Gasteiger partial charge < -0.3 is 14.2 Å². The van der Waals surface area contributed by atoms with Crippen LogP contribution in [0.2, 0.25) is 0 Å². The van der Waals surface area contributed by atoms with Crippen LogP contribution < -0.4 is 0 Å². The van der Waals surface area contributed by atoms with E-state index in [-0.39, 0.29) is 30.2 Å².